The maximum Gasteiger partial charge on any atom is 0.238 e. The predicted octanol–water partition coefficient (Wildman–Crippen LogP) is 1.47. The molecule has 1 aliphatic rings. The van der Waals surface area contributed by atoms with E-state index in [1.54, 1.807) is 12.1 Å². The lowest BCUT2D eigenvalue weighted by atomic mass is 10.0. The largest absolute Gasteiger partial charge is 0.306 e. The van der Waals surface area contributed by atoms with Crippen molar-refractivity contribution in [3.05, 3.63) is 29.8 Å². The third-order valence-electron chi connectivity index (χ3n) is 4.13. The first-order chi connectivity index (χ1) is 9.90. The van der Waals surface area contributed by atoms with Crippen LogP contribution < -0.4 is 10.5 Å². The Balaban J connectivity index is 2.05. The van der Waals surface area contributed by atoms with Crippen LogP contribution in [0.1, 0.15) is 38.3 Å². The number of hydrogen-bond donors (Lipinski definition) is 2. The standard InChI is InChI=1S/C15H25N3O2S/c1-3-18-9-5-7-14(11-18)17-12(2)13-6-4-8-15(10-13)21(16,19)20/h4,6,8,10,12,14,17H,3,5,7,9,11H2,1-2H3,(H2,16,19,20). The van der Waals surface area contributed by atoms with Crippen molar-refractivity contribution in [2.75, 3.05) is 19.6 Å². The van der Waals surface area contributed by atoms with Crippen molar-refractivity contribution in [2.45, 2.75) is 43.7 Å². The topological polar surface area (TPSA) is 75.4 Å². The second kappa shape index (κ2) is 6.87. The van der Waals surface area contributed by atoms with E-state index >= 15 is 0 Å². The van der Waals surface area contributed by atoms with Crippen LogP contribution in [0.25, 0.3) is 0 Å². The van der Waals surface area contributed by atoms with E-state index in [1.165, 1.54) is 19.0 Å². The highest BCUT2D eigenvalue weighted by molar-refractivity contribution is 7.89. The Morgan fingerprint density at radius 3 is 2.90 bits per heavy atom. The van der Waals surface area contributed by atoms with Gasteiger partial charge in [-0.1, -0.05) is 19.1 Å². The van der Waals surface area contributed by atoms with Crippen molar-refractivity contribution in [3.8, 4) is 0 Å². The van der Waals surface area contributed by atoms with Crippen LogP contribution in [0.5, 0.6) is 0 Å². The Kier molecular flexibility index (Phi) is 5.37. The van der Waals surface area contributed by atoms with Crippen molar-refractivity contribution in [3.63, 3.8) is 0 Å². The number of nitrogens with one attached hydrogen (secondary N) is 1. The number of nitrogens with two attached hydrogens (primary N) is 1. The van der Waals surface area contributed by atoms with Gasteiger partial charge in [0, 0.05) is 18.6 Å². The second-order valence-corrected chi connectivity index (χ2v) is 7.30. The molecule has 21 heavy (non-hydrogen) atoms. The lowest BCUT2D eigenvalue weighted by Gasteiger charge is -2.34. The monoisotopic (exact) mass is 311 g/mol. The fourth-order valence-corrected chi connectivity index (χ4v) is 3.46. The normalized spacial score (nSPS) is 22.1. The summed E-state index contributed by atoms with van der Waals surface area (Å²) in [5, 5.41) is 8.79. The van der Waals surface area contributed by atoms with Gasteiger partial charge in [0.2, 0.25) is 10.0 Å². The van der Waals surface area contributed by atoms with Gasteiger partial charge in [-0.05, 0) is 50.6 Å². The minimum atomic E-state index is -3.64. The average Bonchev–Trinajstić information content (AvgIpc) is 2.46. The highest BCUT2D eigenvalue weighted by Crippen LogP contribution is 2.19. The second-order valence-electron chi connectivity index (χ2n) is 5.74. The summed E-state index contributed by atoms with van der Waals surface area (Å²) in [5.74, 6) is 0. The molecule has 1 saturated heterocycles. The van der Waals surface area contributed by atoms with Crippen LogP contribution in [0, 0.1) is 0 Å². The van der Waals surface area contributed by atoms with Crippen molar-refractivity contribution < 1.29 is 8.42 Å². The van der Waals surface area contributed by atoms with Crippen LogP contribution >= 0.6 is 0 Å². The Labute approximate surface area is 127 Å². The molecule has 1 aromatic carbocycles. The van der Waals surface area contributed by atoms with Crippen molar-refractivity contribution in [1.29, 1.82) is 0 Å². The van der Waals surface area contributed by atoms with E-state index in [4.69, 9.17) is 5.14 Å². The Morgan fingerprint density at radius 2 is 2.24 bits per heavy atom. The van der Waals surface area contributed by atoms with E-state index in [2.05, 4.69) is 24.1 Å². The van der Waals surface area contributed by atoms with Crippen LogP contribution in [0.15, 0.2) is 29.2 Å². The van der Waals surface area contributed by atoms with Gasteiger partial charge >= 0.3 is 0 Å². The molecule has 1 aromatic rings. The van der Waals surface area contributed by atoms with Crippen molar-refractivity contribution in [1.82, 2.24) is 10.2 Å². The molecule has 0 bridgehead atoms. The molecular formula is C15H25N3O2S. The lowest BCUT2D eigenvalue weighted by molar-refractivity contribution is 0.192. The zero-order valence-corrected chi connectivity index (χ0v) is 13.6. The molecule has 1 aliphatic heterocycles. The smallest absolute Gasteiger partial charge is 0.238 e. The molecule has 0 saturated carbocycles. The summed E-state index contributed by atoms with van der Waals surface area (Å²) >= 11 is 0. The lowest BCUT2D eigenvalue weighted by Crippen LogP contribution is -2.46. The molecule has 0 spiro atoms. The van der Waals surface area contributed by atoms with Gasteiger partial charge in [-0.15, -0.1) is 0 Å². The number of benzene rings is 1. The number of piperidine rings is 1. The van der Waals surface area contributed by atoms with Crippen LogP contribution in [0.4, 0.5) is 0 Å². The van der Waals surface area contributed by atoms with Gasteiger partial charge in [-0.2, -0.15) is 0 Å². The number of nitrogens with zero attached hydrogens (tertiary/aromatic N) is 1. The maximum absolute atomic E-state index is 11.4. The fourth-order valence-electron chi connectivity index (χ4n) is 2.89. The molecular weight excluding hydrogens is 286 g/mol. The first-order valence-corrected chi connectivity index (χ1v) is 9.06. The van der Waals surface area contributed by atoms with Gasteiger partial charge in [0.1, 0.15) is 0 Å². The van der Waals surface area contributed by atoms with Crippen LogP contribution in [0.2, 0.25) is 0 Å². The predicted molar refractivity (Wildman–Crippen MR) is 84.5 cm³/mol. The third kappa shape index (κ3) is 4.51. The summed E-state index contributed by atoms with van der Waals surface area (Å²) < 4.78 is 22.9. The van der Waals surface area contributed by atoms with Crippen molar-refractivity contribution >= 4 is 10.0 Å². The van der Waals surface area contributed by atoms with Gasteiger partial charge in [0.15, 0.2) is 0 Å². The molecule has 0 aliphatic carbocycles. The summed E-state index contributed by atoms with van der Waals surface area (Å²) in [6, 6.07) is 7.43. The minimum Gasteiger partial charge on any atom is -0.306 e. The first kappa shape index (κ1) is 16.4. The summed E-state index contributed by atoms with van der Waals surface area (Å²) in [4.78, 5) is 2.61. The summed E-state index contributed by atoms with van der Waals surface area (Å²) in [7, 11) is -3.64. The highest BCUT2D eigenvalue weighted by Gasteiger charge is 2.21. The van der Waals surface area contributed by atoms with E-state index in [1.807, 2.05) is 6.07 Å². The van der Waals surface area contributed by atoms with Crippen LogP contribution in [0.3, 0.4) is 0 Å². The number of likely N-dealkylation sites (N-methyl/N-ethyl adjacent to an activating group) is 1. The molecule has 2 atom stereocenters. The molecule has 3 N–H and O–H groups in total. The summed E-state index contributed by atoms with van der Waals surface area (Å²) in [6.07, 6.45) is 2.37. The Bertz CT molecular complexity index is 574. The number of sulfonamides is 1. The number of primary sulfonamides is 1. The molecule has 1 fully saturated rings. The number of rotatable bonds is 5. The van der Waals surface area contributed by atoms with E-state index in [9.17, 15) is 8.42 Å². The molecule has 6 heteroatoms. The SMILES string of the molecule is CCN1CCCC(NC(C)c2cccc(S(N)(=O)=O)c2)C1. The molecule has 2 rings (SSSR count). The molecule has 118 valence electrons. The zero-order chi connectivity index (χ0) is 15.5. The number of hydrogen-bond acceptors (Lipinski definition) is 4. The van der Waals surface area contributed by atoms with Crippen LogP contribution in [-0.4, -0.2) is 39.0 Å². The first-order valence-electron chi connectivity index (χ1n) is 7.51. The molecule has 0 amide bonds. The Morgan fingerprint density at radius 1 is 1.48 bits per heavy atom. The fraction of sp³-hybridized carbons (Fsp3) is 0.600. The molecule has 1 heterocycles. The van der Waals surface area contributed by atoms with Crippen molar-refractivity contribution in [2.24, 2.45) is 5.14 Å². The minimum absolute atomic E-state index is 0.105. The number of likely N-dealkylation sites (tertiary alicyclic amines) is 1. The quantitative estimate of drug-likeness (QED) is 0.863. The van der Waals surface area contributed by atoms with E-state index in [0.29, 0.717) is 6.04 Å². The summed E-state index contributed by atoms with van der Waals surface area (Å²) in [6.45, 7) is 7.54. The molecule has 5 nitrogen and oxygen atoms in total. The van der Waals surface area contributed by atoms with E-state index in [0.717, 1.165) is 25.1 Å². The summed E-state index contributed by atoms with van der Waals surface area (Å²) in [5.41, 5.74) is 0.954. The Hall–Kier alpha value is -0.950. The van der Waals surface area contributed by atoms with Gasteiger partial charge in [0.25, 0.3) is 0 Å². The van der Waals surface area contributed by atoms with E-state index in [-0.39, 0.29) is 10.9 Å². The van der Waals surface area contributed by atoms with Gasteiger partial charge in [-0.3, -0.25) is 0 Å². The van der Waals surface area contributed by atoms with Gasteiger partial charge in [0.05, 0.1) is 4.90 Å². The maximum atomic E-state index is 11.4. The molecule has 0 aromatic heterocycles. The van der Waals surface area contributed by atoms with Gasteiger partial charge in [-0.25, -0.2) is 13.6 Å². The third-order valence-corrected chi connectivity index (χ3v) is 5.04. The molecule has 0 radical (unpaired) electrons. The average molecular weight is 311 g/mol. The zero-order valence-electron chi connectivity index (χ0n) is 12.7. The molecule has 2 unspecified atom stereocenters. The van der Waals surface area contributed by atoms with Crippen LogP contribution in [-0.2, 0) is 10.0 Å². The highest BCUT2D eigenvalue weighted by atomic mass is 32.2. The van der Waals surface area contributed by atoms with Gasteiger partial charge < -0.3 is 10.2 Å². The van der Waals surface area contributed by atoms with E-state index < -0.39 is 10.0 Å².